The molecule has 0 aliphatic carbocycles. The number of carbonyl (C=O) groups is 1. The summed E-state index contributed by atoms with van der Waals surface area (Å²) in [6.07, 6.45) is 0.784. The Morgan fingerprint density at radius 1 is 1.29 bits per heavy atom. The molecule has 7 nitrogen and oxygen atoms in total. The zero-order chi connectivity index (χ0) is 17.1. The second-order valence-electron chi connectivity index (χ2n) is 6.06. The van der Waals surface area contributed by atoms with Crippen LogP contribution in [-0.4, -0.2) is 30.9 Å². The van der Waals surface area contributed by atoms with Gasteiger partial charge in [0.25, 0.3) is 5.91 Å². The van der Waals surface area contributed by atoms with Crippen LogP contribution >= 0.6 is 0 Å². The second-order valence-corrected chi connectivity index (χ2v) is 6.06. The molecule has 3 rings (SSSR count). The Bertz CT molecular complexity index is 834. The van der Waals surface area contributed by atoms with Crippen LogP contribution in [0, 0.1) is 5.92 Å². The van der Waals surface area contributed by atoms with Gasteiger partial charge in [0.1, 0.15) is 11.5 Å². The SMILES string of the molecule is CC(C)Cc1nc(NC(=O)c2cc(-c3ccccc3)nn2C)n[nH]1. The van der Waals surface area contributed by atoms with Crippen LogP contribution in [0.25, 0.3) is 11.3 Å². The topological polar surface area (TPSA) is 88.5 Å². The van der Waals surface area contributed by atoms with E-state index >= 15 is 0 Å². The summed E-state index contributed by atoms with van der Waals surface area (Å²) in [5, 5.41) is 14.0. The van der Waals surface area contributed by atoms with Crippen molar-refractivity contribution in [2.24, 2.45) is 13.0 Å². The summed E-state index contributed by atoms with van der Waals surface area (Å²) in [5.74, 6) is 1.21. The number of nitrogens with one attached hydrogen (secondary N) is 2. The smallest absolute Gasteiger partial charge is 0.276 e. The highest BCUT2D eigenvalue weighted by molar-refractivity contribution is 6.02. The van der Waals surface area contributed by atoms with Gasteiger partial charge in [-0.15, -0.1) is 5.10 Å². The first kappa shape index (κ1) is 15.9. The summed E-state index contributed by atoms with van der Waals surface area (Å²) in [6.45, 7) is 4.20. The molecule has 3 aromatic rings. The predicted molar refractivity (Wildman–Crippen MR) is 91.5 cm³/mol. The number of H-pyrrole nitrogens is 1. The molecule has 0 aliphatic rings. The lowest BCUT2D eigenvalue weighted by Gasteiger charge is -2.00. The maximum absolute atomic E-state index is 12.4. The molecular formula is C17H20N6O. The normalized spacial score (nSPS) is 11.0. The van der Waals surface area contributed by atoms with Crippen molar-refractivity contribution in [2.75, 3.05) is 5.32 Å². The van der Waals surface area contributed by atoms with Gasteiger partial charge in [-0.1, -0.05) is 44.2 Å². The van der Waals surface area contributed by atoms with Crippen LogP contribution in [-0.2, 0) is 13.5 Å². The van der Waals surface area contributed by atoms with E-state index in [2.05, 4.69) is 39.4 Å². The molecule has 0 atom stereocenters. The fourth-order valence-electron chi connectivity index (χ4n) is 2.42. The molecule has 1 aromatic carbocycles. The fraction of sp³-hybridized carbons (Fsp3) is 0.294. The van der Waals surface area contributed by atoms with Crippen LogP contribution < -0.4 is 5.32 Å². The minimum absolute atomic E-state index is 0.276. The summed E-state index contributed by atoms with van der Waals surface area (Å²) >= 11 is 0. The zero-order valence-corrected chi connectivity index (χ0v) is 13.9. The van der Waals surface area contributed by atoms with E-state index in [1.165, 1.54) is 0 Å². The zero-order valence-electron chi connectivity index (χ0n) is 13.9. The summed E-state index contributed by atoms with van der Waals surface area (Å²) in [7, 11) is 1.74. The lowest BCUT2D eigenvalue weighted by Crippen LogP contribution is -2.16. The van der Waals surface area contributed by atoms with Gasteiger partial charge in [0.2, 0.25) is 5.95 Å². The van der Waals surface area contributed by atoms with E-state index in [0.29, 0.717) is 11.6 Å². The highest BCUT2D eigenvalue weighted by Crippen LogP contribution is 2.18. The first-order chi connectivity index (χ1) is 11.5. The number of carbonyl (C=O) groups excluding carboxylic acids is 1. The van der Waals surface area contributed by atoms with Gasteiger partial charge in [0.15, 0.2) is 0 Å². The summed E-state index contributed by atoms with van der Waals surface area (Å²) in [5.41, 5.74) is 2.16. The van der Waals surface area contributed by atoms with Gasteiger partial charge in [0.05, 0.1) is 5.69 Å². The van der Waals surface area contributed by atoms with E-state index in [1.54, 1.807) is 17.8 Å². The quantitative estimate of drug-likeness (QED) is 0.755. The van der Waals surface area contributed by atoms with Crippen LogP contribution in [0.2, 0.25) is 0 Å². The predicted octanol–water partition coefficient (Wildman–Crippen LogP) is 2.66. The monoisotopic (exact) mass is 324 g/mol. The molecule has 0 aliphatic heterocycles. The molecule has 124 valence electrons. The van der Waals surface area contributed by atoms with E-state index in [9.17, 15) is 4.79 Å². The first-order valence-corrected chi connectivity index (χ1v) is 7.85. The van der Waals surface area contributed by atoms with Gasteiger partial charge in [-0.05, 0) is 12.0 Å². The molecule has 7 heteroatoms. The van der Waals surface area contributed by atoms with Gasteiger partial charge in [0, 0.05) is 19.0 Å². The molecule has 2 heterocycles. The van der Waals surface area contributed by atoms with Crippen molar-refractivity contribution in [3.8, 4) is 11.3 Å². The minimum atomic E-state index is -0.290. The van der Waals surface area contributed by atoms with Crippen LogP contribution in [0.4, 0.5) is 5.95 Å². The average molecular weight is 324 g/mol. The lowest BCUT2D eigenvalue weighted by atomic mass is 10.1. The number of amides is 1. The number of hydrogen-bond acceptors (Lipinski definition) is 4. The summed E-state index contributed by atoms with van der Waals surface area (Å²) < 4.78 is 1.55. The van der Waals surface area contributed by atoms with Crippen LogP contribution in [0.5, 0.6) is 0 Å². The molecule has 0 unspecified atom stereocenters. The van der Waals surface area contributed by atoms with Crippen molar-refractivity contribution in [3.63, 3.8) is 0 Å². The second kappa shape index (κ2) is 6.66. The molecular weight excluding hydrogens is 304 g/mol. The van der Waals surface area contributed by atoms with Crippen molar-refractivity contribution in [2.45, 2.75) is 20.3 Å². The van der Waals surface area contributed by atoms with Gasteiger partial charge >= 0.3 is 0 Å². The molecule has 0 bridgehead atoms. The van der Waals surface area contributed by atoms with E-state index in [1.807, 2.05) is 30.3 Å². The van der Waals surface area contributed by atoms with Gasteiger partial charge in [-0.3, -0.25) is 19.9 Å². The van der Waals surface area contributed by atoms with Gasteiger partial charge in [-0.2, -0.15) is 10.1 Å². The summed E-state index contributed by atoms with van der Waals surface area (Å²) in [4.78, 5) is 16.7. The number of aromatic nitrogens is 5. The molecule has 0 saturated heterocycles. The first-order valence-electron chi connectivity index (χ1n) is 7.85. The highest BCUT2D eigenvalue weighted by Gasteiger charge is 2.16. The number of benzene rings is 1. The van der Waals surface area contributed by atoms with E-state index in [4.69, 9.17) is 0 Å². The largest absolute Gasteiger partial charge is 0.288 e. The van der Waals surface area contributed by atoms with E-state index < -0.39 is 0 Å². The molecule has 0 radical (unpaired) electrons. The lowest BCUT2D eigenvalue weighted by molar-refractivity contribution is 0.101. The third-order valence-electron chi connectivity index (χ3n) is 3.54. The number of aryl methyl sites for hydroxylation is 1. The highest BCUT2D eigenvalue weighted by atomic mass is 16.2. The maximum Gasteiger partial charge on any atom is 0.276 e. The Morgan fingerprint density at radius 3 is 2.75 bits per heavy atom. The molecule has 24 heavy (non-hydrogen) atoms. The molecule has 2 N–H and O–H groups in total. The van der Waals surface area contributed by atoms with Crippen molar-refractivity contribution in [1.29, 1.82) is 0 Å². The third-order valence-corrected chi connectivity index (χ3v) is 3.54. The molecule has 0 spiro atoms. The Labute approximate surface area is 140 Å². The van der Waals surface area contributed by atoms with Crippen molar-refractivity contribution in [3.05, 3.63) is 47.9 Å². The standard InChI is InChI=1S/C17H20N6O/c1-11(2)9-15-18-17(21-20-15)19-16(24)14-10-13(22-23(14)3)12-7-5-4-6-8-12/h4-8,10-11H,9H2,1-3H3,(H2,18,19,20,21,24). The molecule has 2 aromatic heterocycles. The van der Waals surface area contributed by atoms with Crippen molar-refractivity contribution in [1.82, 2.24) is 25.0 Å². The number of anilines is 1. The van der Waals surface area contributed by atoms with Gasteiger partial charge in [-0.25, -0.2) is 0 Å². The van der Waals surface area contributed by atoms with Crippen LogP contribution in [0.1, 0.15) is 30.2 Å². The maximum atomic E-state index is 12.4. The molecule has 0 fully saturated rings. The molecule has 1 amide bonds. The van der Waals surface area contributed by atoms with Crippen LogP contribution in [0.3, 0.4) is 0 Å². The Morgan fingerprint density at radius 2 is 2.04 bits per heavy atom. The number of aromatic amines is 1. The van der Waals surface area contributed by atoms with E-state index in [0.717, 1.165) is 23.5 Å². The van der Waals surface area contributed by atoms with Crippen molar-refractivity contribution >= 4 is 11.9 Å². The number of rotatable bonds is 5. The average Bonchev–Trinajstić information content (AvgIpc) is 3.14. The third kappa shape index (κ3) is 3.51. The number of hydrogen-bond donors (Lipinski definition) is 2. The Balaban J connectivity index is 1.76. The van der Waals surface area contributed by atoms with Gasteiger partial charge < -0.3 is 0 Å². The minimum Gasteiger partial charge on any atom is -0.288 e. The van der Waals surface area contributed by atoms with Crippen molar-refractivity contribution < 1.29 is 4.79 Å². The Hall–Kier alpha value is -2.96. The van der Waals surface area contributed by atoms with Crippen LogP contribution in [0.15, 0.2) is 36.4 Å². The fourth-order valence-corrected chi connectivity index (χ4v) is 2.42. The Kier molecular flexibility index (Phi) is 4.41. The number of nitrogens with zero attached hydrogens (tertiary/aromatic N) is 4. The van der Waals surface area contributed by atoms with E-state index in [-0.39, 0.29) is 11.9 Å². The molecule has 0 saturated carbocycles. The summed E-state index contributed by atoms with van der Waals surface area (Å²) in [6, 6.07) is 11.5.